The third kappa shape index (κ3) is 7.85. The average molecular weight is 591 g/mol. The van der Waals surface area contributed by atoms with Crippen molar-refractivity contribution in [1.82, 2.24) is 5.32 Å². The van der Waals surface area contributed by atoms with E-state index in [0.717, 1.165) is 31.6 Å². The van der Waals surface area contributed by atoms with E-state index in [9.17, 15) is 29.7 Å². The van der Waals surface area contributed by atoms with E-state index < -0.39 is 36.4 Å². The zero-order valence-corrected chi connectivity index (χ0v) is 24.0. The lowest BCUT2D eigenvalue weighted by Gasteiger charge is -2.36. The molecule has 1 aliphatic rings. The Hall–Kier alpha value is -4.09. The van der Waals surface area contributed by atoms with Gasteiger partial charge in [0.25, 0.3) is 0 Å². The van der Waals surface area contributed by atoms with Gasteiger partial charge in [-0.3, -0.25) is 4.79 Å². The van der Waals surface area contributed by atoms with Crippen LogP contribution in [0.15, 0.2) is 79.4 Å². The van der Waals surface area contributed by atoms with Crippen LogP contribution in [-0.4, -0.2) is 83.7 Å². The SMILES string of the molecule is C=CCOC(=O)[C@@H](O)[C@@H](O)[C@H](O)[C@H](C=O)OC(=O)c1ccc(N2CCC[C@H](N[C@H](C)c3cccc4ccccc34)C2)cc1. The molecule has 10 heteroatoms. The number of fused-ring (bicyclic) bond motifs is 1. The summed E-state index contributed by atoms with van der Waals surface area (Å²) in [5.74, 6) is -2.14. The average Bonchev–Trinajstić information content (AvgIpc) is 3.04. The predicted molar refractivity (Wildman–Crippen MR) is 162 cm³/mol. The summed E-state index contributed by atoms with van der Waals surface area (Å²) in [5, 5.41) is 36.6. The highest BCUT2D eigenvalue weighted by atomic mass is 16.6. The second-order valence-corrected chi connectivity index (χ2v) is 10.6. The first-order valence-corrected chi connectivity index (χ1v) is 14.3. The van der Waals surface area contributed by atoms with Gasteiger partial charge in [-0.1, -0.05) is 55.1 Å². The molecule has 10 nitrogen and oxygen atoms in total. The summed E-state index contributed by atoms with van der Waals surface area (Å²) >= 11 is 0. The quantitative estimate of drug-likeness (QED) is 0.133. The molecule has 1 fully saturated rings. The molecule has 0 aromatic heterocycles. The van der Waals surface area contributed by atoms with Gasteiger partial charge in [0, 0.05) is 30.9 Å². The maximum Gasteiger partial charge on any atom is 0.338 e. The molecule has 0 aliphatic carbocycles. The number of nitrogens with one attached hydrogen (secondary N) is 1. The summed E-state index contributed by atoms with van der Waals surface area (Å²) in [6, 6.07) is 21.8. The molecule has 1 heterocycles. The summed E-state index contributed by atoms with van der Waals surface area (Å²) in [6.07, 6.45) is -4.79. The van der Waals surface area contributed by atoms with Gasteiger partial charge >= 0.3 is 11.9 Å². The number of piperidine rings is 1. The minimum absolute atomic E-state index is 0.113. The number of aliphatic hydroxyl groups excluding tert-OH is 3. The molecule has 0 saturated carbocycles. The number of benzene rings is 3. The molecule has 3 aromatic carbocycles. The third-order valence-electron chi connectivity index (χ3n) is 7.64. The van der Waals surface area contributed by atoms with Crippen molar-refractivity contribution >= 4 is 34.7 Å². The first-order chi connectivity index (χ1) is 20.7. The number of anilines is 1. The molecular formula is C33H38N2O8. The van der Waals surface area contributed by atoms with Crippen LogP contribution in [0.2, 0.25) is 0 Å². The lowest BCUT2D eigenvalue weighted by molar-refractivity contribution is -0.168. The van der Waals surface area contributed by atoms with Gasteiger partial charge in [-0.15, -0.1) is 0 Å². The first-order valence-electron chi connectivity index (χ1n) is 14.3. The van der Waals surface area contributed by atoms with Gasteiger partial charge in [-0.25, -0.2) is 9.59 Å². The Morgan fingerprint density at radius 1 is 1.05 bits per heavy atom. The van der Waals surface area contributed by atoms with Crippen LogP contribution < -0.4 is 10.2 Å². The van der Waals surface area contributed by atoms with E-state index in [1.165, 1.54) is 22.4 Å². The number of hydrogen-bond donors (Lipinski definition) is 4. The van der Waals surface area contributed by atoms with Gasteiger partial charge in [0.05, 0.1) is 5.56 Å². The largest absolute Gasteiger partial charge is 0.459 e. The maximum atomic E-state index is 12.7. The lowest BCUT2D eigenvalue weighted by Crippen LogP contribution is -2.49. The minimum Gasteiger partial charge on any atom is -0.459 e. The Morgan fingerprint density at radius 2 is 1.77 bits per heavy atom. The fourth-order valence-electron chi connectivity index (χ4n) is 5.34. The van der Waals surface area contributed by atoms with Crippen molar-refractivity contribution in [2.75, 3.05) is 24.6 Å². The van der Waals surface area contributed by atoms with Gasteiger partial charge in [0.2, 0.25) is 0 Å². The van der Waals surface area contributed by atoms with Crippen LogP contribution >= 0.6 is 0 Å². The normalized spacial score (nSPS) is 18.6. The van der Waals surface area contributed by atoms with Crippen molar-refractivity contribution in [3.63, 3.8) is 0 Å². The topological polar surface area (TPSA) is 146 Å². The molecule has 3 aromatic rings. The van der Waals surface area contributed by atoms with Crippen LogP contribution in [-0.2, 0) is 19.1 Å². The predicted octanol–water partition coefficient (Wildman–Crippen LogP) is 2.70. The molecule has 43 heavy (non-hydrogen) atoms. The highest BCUT2D eigenvalue weighted by Gasteiger charge is 2.38. The molecule has 228 valence electrons. The highest BCUT2D eigenvalue weighted by Crippen LogP contribution is 2.27. The van der Waals surface area contributed by atoms with Crippen LogP contribution in [0.4, 0.5) is 5.69 Å². The van der Waals surface area contributed by atoms with Crippen LogP contribution in [0.3, 0.4) is 0 Å². The summed E-state index contributed by atoms with van der Waals surface area (Å²) in [6.45, 7) is 6.96. The van der Waals surface area contributed by atoms with Crippen LogP contribution in [0.25, 0.3) is 10.8 Å². The number of carbonyl (C=O) groups excluding carboxylic acids is 3. The fourth-order valence-corrected chi connectivity index (χ4v) is 5.34. The number of ether oxygens (including phenoxy) is 2. The standard InChI is InChI=1S/C33H38N2O8/c1-3-18-42-33(41)31(39)30(38)29(37)28(20-36)43-32(40)23-13-15-25(16-14-23)35-17-7-10-24(19-35)34-21(2)26-12-6-9-22-8-4-5-11-27(22)26/h3-6,8-9,11-16,20-21,24,28-31,34,37-39H,1,7,10,17-19H2,2H3/t21-,24+,28+,29-,30+,31+/m1/s1. The van der Waals surface area contributed by atoms with Crippen molar-refractivity contribution in [2.45, 2.75) is 56.3 Å². The molecule has 4 rings (SSSR count). The Kier molecular flexibility index (Phi) is 11.0. The highest BCUT2D eigenvalue weighted by molar-refractivity contribution is 5.91. The Labute approximate surface area is 250 Å². The van der Waals surface area contributed by atoms with E-state index in [1.54, 1.807) is 24.3 Å². The summed E-state index contributed by atoms with van der Waals surface area (Å²) < 4.78 is 9.71. The Balaban J connectivity index is 1.34. The summed E-state index contributed by atoms with van der Waals surface area (Å²) in [7, 11) is 0. The zero-order valence-electron chi connectivity index (χ0n) is 24.0. The van der Waals surface area contributed by atoms with Gasteiger partial charge < -0.3 is 35.0 Å². The van der Waals surface area contributed by atoms with E-state index in [4.69, 9.17) is 4.74 Å². The molecule has 0 radical (unpaired) electrons. The van der Waals surface area contributed by atoms with Gasteiger partial charge in [0.15, 0.2) is 18.5 Å². The molecule has 6 atom stereocenters. The van der Waals surface area contributed by atoms with Crippen molar-refractivity contribution < 1.29 is 39.2 Å². The second kappa shape index (κ2) is 14.9. The summed E-state index contributed by atoms with van der Waals surface area (Å²) in [4.78, 5) is 38.2. The molecule has 0 amide bonds. The molecule has 1 aliphatic heterocycles. The second-order valence-electron chi connectivity index (χ2n) is 10.6. The fraction of sp³-hybridized carbons (Fsp3) is 0.364. The van der Waals surface area contributed by atoms with Crippen molar-refractivity contribution in [2.24, 2.45) is 0 Å². The molecule has 1 saturated heterocycles. The van der Waals surface area contributed by atoms with E-state index in [-0.39, 0.29) is 30.5 Å². The minimum atomic E-state index is -2.16. The Bertz CT molecular complexity index is 1410. The third-order valence-corrected chi connectivity index (χ3v) is 7.64. The molecule has 0 bridgehead atoms. The zero-order chi connectivity index (χ0) is 30.9. The lowest BCUT2D eigenvalue weighted by atomic mass is 9.97. The smallest absolute Gasteiger partial charge is 0.338 e. The van der Waals surface area contributed by atoms with E-state index in [1.807, 2.05) is 6.07 Å². The number of rotatable bonds is 13. The van der Waals surface area contributed by atoms with Gasteiger partial charge in [-0.05, 0) is 60.4 Å². The van der Waals surface area contributed by atoms with Crippen LogP contribution in [0.1, 0.15) is 41.7 Å². The summed E-state index contributed by atoms with van der Waals surface area (Å²) in [5.41, 5.74) is 2.30. The number of aliphatic hydroxyl groups is 3. The van der Waals surface area contributed by atoms with Crippen molar-refractivity contribution in [3.8, 4) is 0 Å². The number of hydrogen-bond acceptors (Lipinski definition) is 10. The number of esters is 2. The van der Waals surface area contributed by atoms with E-state index in [2.05, 4.69) is 64.9 Å². The number of carbonyl (C=O) groups is 3. The van der Waals surface area contributed by atoms with Gasteiger partial charge in [0.1, 0.15) is 18.8 Å². The molecule has 4 N–H and O–H groups in total. The monoisotopic (exact) mass is 590 g/mol. The maximum absolute atomic E-state index is 12.7. The van der Waals surface area contributed by atoms with Crippen LogP contribution in [0.5, 0.6) is 0 Å². The molecule has 0 unspecified atom stereocenters. The van der Waals surface area contributed by atoms with Crippen molar-refractivity contribution in [1.29, 1.82) is 0 Å². The number of nitrogens with zero attached hydrogens (tertiary/aromatic N) is 1. The van der Waals surface area contributed by atoms with Gasteiger partial charge in [-0.2, -0.15) is 0 Å². The van der Waals surface area contributed by atoms with E-state index >= 15 is 0 Å². The molecular weight excluding hydrogens is 552 g/mol. The Morgan fingerprint density at radius 3 is 2.49 bits per heavy atom. The molecule has 0 spiro atoms. The number of aldehydes is 1. The van der Waals surface area contributed by atoms with E-state index in [0.29, 0.717) is 0 Å². The van der Waals surface area contributed by atoms with Crippen LogP contribution in [0, 0.1) is 0 Å². The first kappa shape index (κ1) is 31.8. The van der Waals surface area contributed by atoms with Crippen molar-refractivity contribution in [3.05, 3.63) is 90.5 Å².